The Kier molecular flexibility index (Phi) is 6.63. The molecule has 9 heteroatoms. The lowest BCUT2D eigenvalue weighted by molar-refractivity contribution is 0.350. The van der Waals surface area contributed by atoms with Crippen molar-refractivity contribution in [1.82, 2.24) is 9.78 Å². The van der Waals surface area contributed by atoms with Crippen LogP contribution in [-0.2, 0) is 0 Å². The predicted octanol–water partition coefficient (Wildman–Crippen LogP) is 7.96. The standard InChI is InChI=1S/C34H29ClN6O2/c1-20-17-18-22(19-25(20)35)36-32-34-38-33-29(21(2)39-41(33)23-11-6-5-7-12-23)30(24-13-10-16-28(42-3)31(24)43-4)40(34)27-15-9-8-14-26(27)37-32/h5-19,30H,1-4H3,(H,36,37). The summed E-state index contributed by atoms with van der Waals surface area (Å²) in [5, 5.41) is 9.20. The smallest absolute Gasteiger partial charge is 0.179 e. The number of nitrogens with one attached hydrogen (secondary N) is 1. The highest BCUT2D eigenvalue weighted by Gasteiger charge is 2.43. The maximum Gasteiger partial charge on any atom is 0.179 e. The average molecular weight is 589 g/mol. The Morgan fingerprint density at radius 1 is 0.837 bits per heavy atom. The number of hydrogen-bond donors (Lipinski definition) is 1. The van der Waals surface area contributed by atoms with Gasteiger partial charge in [-0.15, -0.1) is 0 Å². The van der Waals surface area contributed by atoms with Crippen LogP contribution in [0.1, 0.15) is 28.4 Å². The van der Waals surface area contributed by atoms with Crippen molar-refractivity contribution in [2.24, 2.45) is 9.98 Å². The normalized spacial score (nSPS) is 15.1. The van der Waals surface area contributed by atoms with E-state index in [0.29, 0.717) is 28.2 Å². The van der Waals surface area contributed by atoms with E-state index in [9.17, 15) is 0 Å². The summed E-state index contributed by atoms with van der Waals surface area (Å²) < 4.78 is 13.6. The minimum absolute atomic E-state index is 0.361. The summed E-state index contributed by atoms with van der Waals surface area (Å²) in [5.41, 5.74) is 7.19. The van der Waals surface area contributed by atoms with Gasteiger partial charge in [-0.25, -0.2) is 14.7 Å². The second-order valence-electron chi connectivity index (χ2n) is 10.4. The van der Waals surface area contributed by atoms with Crippen LogP contribution < -0.4 is 19.7 Å². The number of methoxy groups -OCH3 is 2. The Hall–Kier alpha value is -5.08. The molecular weight excluding hydrogens is 560 g/mol. The van der Waals surface area contributed by atoms with Crippen molar-refractivity contribution in [3.8, 4) is 17.2 Å². The molecule has 0 radical (unpaired) electrons. The number of aliphatic imine (C=N–C) groups is 2. The van der Waals surface area contributed by atoms with Gasteiger partial charge in [0.15, 0.2) is 29.0 Å². The van der Waals surface area contributed by atoms with E-state index >= 15 is 0 Å². The Balaban J connectivity index is 1.52. The molecular formula is C34H29ClN6O2. The van der Waals surface area contributed by atoms with Crippen molar-refractivity contribution in [3.63, 3.8) is 0 Å². The van der Waals surface area contributed by atoms with Gasteiger partial charge in [0.25, 0.3) is 0 Å². The molecule has 1 N–H and O–H groups in total. The monoisotopic (exact) mass is 588 g/mol. The highest BCUT2D eigenvalue weighted by atomic mass is 35.5. The first-order valence-electron chi connectivity index (χ1n) is 13.9. The quantitative estimate of drug-likeness (QED) is 0.225. The summed E-state index contributed by atoms with van der Waals surface area (Å²) in [5.74, 6) is 3.25. The number of para-hydroxylation sites is 4. The van der Waals surface area contributed by atoms with E-state index in [-0.39, 0.29) is 6.04 Å². The number of nitrogens with zero attached hydrogens (tertiary/aromatic N) is 5. The van der Waals surface area contributed by atoms with Gasteiger partial charge < -0.3 is 19.7 Å². The third kappa shape index (κ3) is 4.42. The summed E-state index contributed by atoms with van der Waals surface area (Å²) in [6, 6.07) is 29.6. The molecule has 0 aliphatic carbocycles. The van der Waals surface area contributed by atoms with E-state index in [1.165, 1.54) is 0 Å². The SMILES string of the molecule is COc1cccc(C2c3c(C)nn(-c4ccccc4)c3N=C3C(Nc4ccc(C)c(Cl)c4)=Nc4ccccc4N32)c1OC. The fourth-order valence-electron chi connectivity index (χ4n) is 5.78. The van der Waals surface area contributed by atoms with Gasteiger partial charge in [-0.05, 0) is 61.9 Å². The Bertz CT molecular complexity index is 1930. The molecule has 5 aromatic rings. The Morgan fingerprint density at radius 3 is 2.40 bits per heavy atom. The molecule has 8 nitrogen and oxygen atoms in total. The van der Waals surface area contributed by atoms with E-state index in [0.717, 1.165) is 51.0 Å². The summed E-state index contributed by atoms with van der Waals surface area (Å²) in [6.45, 7) is 4.00. The summed E-state index contributed by atoms with van der Waals surface area (Å²) in [6.07, 6.45) is 0. The summed E-state index contributed by atoms with van der Waals surface area (Å²) in [4.78, 5) is 12.6. The zero-order valence-corrected chi connectivity index (χ0v) is 24.9. The molecule has 0 amide bonds. The van der Waals surface area contributed by atoms with Crippen molar-refractivity contribution in [2.45, 2.75) is 19.9 Å². The van der Waals surface area contributed by atoms with Gasteiger partial charge >= 0.3 is 0 Å². The van der Waals surface area contributed by atoms with Crippen molar-refractivity contribution in [3.05, 3.63) is 118 Å². The van der Waals surface area contributed by atoms with Gasteiger partial charge in [-0.3, -0.25) is 0 Å². The molecule has 214 valence electrons. The number of aryl methyl sites for hydroxylation is 2. The summed E-state index contributed by atoms with van der Waals surface area (Å²) >= 11 is 6.52. The first-order chi connectivity index (χ1) is 21.0. The Morgan fingerprint density at radius 2 is 1.63 bits per heavy atom. The molecule has 1 atom stereocenters. The van der Waals surface area contributed by atoms with Crippen LogP contribution in [0.4, 0.5) is 22.9 Å². The molecule has 43 heavy (non-hydrogen) atoms. The van der Waals surface area contributed by atoms with Crippen LogP contribution in [0.2, 0.25) is 5.02 Å². The van der Waals surface area contributed by atoms with Gasteiger partial charge in [0, 0.05) is 21.8 Å². The van der Waals surface area contributed by atoms with Crippen molar-refractivity contribution >= 4 is 46.2 Å². The fraction of sp³-hybridized carbons (Fsp3) is 0.147. The van der Waals surface area contributed by atoms with Gasteiger partial charge in [0.1, 0.15) is 0 Å². The molecule has 0 spiro atoms. The molecule has 1 aromatic heterocycles. The molecule has 1 unspecified atom stereocenters. The van der Waals surface area contributed by atoms with Crippen molar-refractivity contribution in [2.75, 3.05) is 24.4 Å². The van der Waals surface area contributed by atoms with E-state index in [1.807, 2.05) is 97.4 Å². The second-order valence-corrected chi connectivity index (χ2v) is 10.8. The topological polar surface area (TPSA) is 76.3 Å². The molecule has 7 rings (SSSR count). The van der Waals surface area contributed by atoms with E-state index in [1.54, 1.807) is 14.2 Å². The van der Waals surface area contributed by atoms with Crippen molar-refractivity contribution < 1.29 is 9.47 Å². The van der Waals surface area contributed by atoms with Crippen LogP contribution in [0.15, 0.2) is 101 Å². The number of benzene rings is 4. The first kappa shape index (κ1) is 26.8. The van der Waals surface area contributed by atoms with Crippen LogP contribution >= 0.6 is 11.6 Å². The molecule has 0 fully saturated rings. The third-order valence-electron chi connectivity index (χ3n) is 7.80. The fourth-order valence-corrected chi connectivity index (χ4v) is 5.96. The Labute approximate surface area is 254 Å². The van der Waals surface area contributed by atoms with Crippen LogP contribution in [0, 0.1) is 13.8 Å². The molecule has 0 saturated carbocycles. The number of fused-ring (bicyclic) bond motifs is 4. The van der Waals surface area contributed by atoms with Gasteiger partial charge in [-0.1, -0.05) is 60.1 Å². The number of ether oxygens (including phenoxy) is 2. The maximum absolute atomic E-state index is 6.52. The number of halogens is 1. The van der Waals surface area contributed by atoms with Gasteiger partial charge in [-0.2, -0.15) is 5.10 Å². The number of aromatic nitrogens is 2. The number of amidine groups is 2. The van der Waals surface area contributed by atoms with Crippen LogP contribution in [0.3, 0.4) is 0 Å². The zero-order valence-electron chi connectivity index (χ0n) is 24.2. The highest BCUT2D eigenvalue weighted by molar-refractivity contribution is 6.51. The van der Waals surface area contributed by atoms with Crippen LogP contribution in [0.25, 0.3) is 5.69 Å². The molecule has 4 aromatic carbocycles. The van der Waals surface area contributed by atoms with Crippen LogP contribution in [0.5, 0.6) is 11.5 Å². The molecule has 2 aliphatic rings. The van der Waals surface area contributed by atoms with E-state index in [2.05, 4.69) is 22.3 Å². The molecule has 3 heterocycles. The lowest BCUT2D eigenvalue weighted by Gasteiger charge is -2.41. The lowest BCUT2D eigenvalue weighted by atomic mass is 9.92. The zero-order chi connectivity index (χ0) is 29.7. The maximum atomic E-state index is 6.52. The first-order valence-corrected chi connectivity index (χ1v) is 14.3. The minimum Gasteiger partial charge on any atom is -0.493 e. The molecule has 2 aliphatic heterocycles. The third-order valence-corrected chi connectivity index (χ3v) is 8.21. The largest absolute Gasteiger partial charge is 0.493 e. The minimum atomic E-state index is -0.361. The average Bonchev–Trinajstić information content (AvgIpc) is 3.37. The van der Waals surface area contributed by atoms with Crippen molar-refractivity contribution in [1.29, 1.82) is 0 Å². The number of hydrogen-bond acceptors (Lipinski definition) is 7. The summed E-state index contributed by atoms with van der Waals surface area (Å²) in [7, 11) is 3.32. The predicted molar refractivity (Wildman–Crippen MR) is 173 cm³/mol. The van der Waals surface area contributed by atoms with Gasteiger partial charge in [0.05, 0.1) is 43.0 Å². The van der Waals surface area contributed by atoms with Gasteiger partial charge in [0.2, 0.25) is 0 Å². The molecule has 0 bridgehead atoms. The van der Waals surface area contributed by atoms with Crippen LogP contribution in [-0.4, -0.2) is 35.7 Å². The number of rotatable bonds is 5. The molecule has 0 saturated heterocycles. The highest BCUT2D eigenvalue weighted by Crippen LogP contribution is 2.51. The number of anilines is 2. The van der Waals surface area contributed by atoms with E-state index < -0.39 is 0 Å². The lowest BCUT2D eigenvalue weighted by Crippen LogP contribution is -2.46. The van der Waals surface area contributed by atoms with E-state index in [4.69, 9.17) is 36.2 Å². The second kappa shape index (κ2) is 10.6.